The molecule has 1 atom stereocenters. The third-order valence-corrected chi connectivity index (χ3v) is 6.73. The van der Waals surface area contributed by atoms with Gasteiger partial charge in [0, 0.05) is 17.8 Å². The number of carbonyl (C=O) groups excluding carboxylic acids is 2. The normalized spacial score (nSPS) is 23.2. The van der Waals surface area contributed by atoms with E-state index in [1.54, 1.807) is 23.5 Å². The van der Waals surface area contributed by atoms with Gasteiger partial charge < -0.3 is 10.6 Å². The summed E-state index contributed by atoms with van der Waals surface area (Å²) in [6, 6.07) is 9.88. The standard InChI is InChI=1S/C21H24FN3O2S/c22-17-5-3-15(4-6-17)14-21(16-7-10-23-11-8-16)19(26)25(20(27)24-21)12-9-18-2-1-13-28-18/h1-6,13,16,23H,7-12,14H2,(H,24,27). The number of amides is 3. The van der Waals surface area contributed by atoms with Crippen molar-refractivity contribution in [3.05, 3.63) is 58.0 Å². The molecule has 0 radical (unpaired) electrons. The summed E-state index contributed by atoms with van der Waals surface area (Å²) < 4.78 is 13.3. The highest BCUT2D eigenvalue weighted by Crippen LogP contribution is 2.35. The van der Waals surface area contributed by atoms with Crippen LogP contribution in [0.25, 0.3) is 0 Å². The van der Waals surface area contributed by atoms with E-state index in [0.717, 1.165) is 36.4 Å². The minimum absolute atomic E-state index is 0.0574. The Morgan fingerprint density at radius 2 is 1.89 bits per heavy atom. The highest BCUT2D eigenvalue weighted by Gasteiger charge is 2.55. The topological polar surface area (TPSA) is 61.4 Å². The van der Waals surface area contributed by atoms with Crippen LogP contribution >= 0.6 is 11.3 Å². The van der Waals surface area contributed by atoms with Gasteiger partial charge in [-0.1, -0.05) is 18.2 Å². The zero-order chi connectivity index (χ0) is 19.6. The number of imide groups is 1. The first-order chi connectivity index (χ1) is 13.6. The Labute approximate surface area is 167 Å². The second-order valence-electron chi connectivity index (χ2n) is 7.52. The van der Waals surface area contributed by atoms with Crippen molar-refractivity contribution in [2.75, 3.05) is 19.6 Å². The Hall–Kier alpha value is -2.25. The number of carbonyl (C=O) groups is 2. The number of hydrogen-bond acceptors (Lipinski definition) is 4. The van der Waals surface area contributed by atoms with Gasteiger partial charge in [0.15, 0.2) is 0 Å². The van der Waals surface area contributed by atoms with Gasteiger partial charge in [0.2, 0.25) is 0 Å². The lowest BCUT2D eigenvalue weighted by Gasteiger charge is -2.38. The zero-order valence-corrected chi connectivity index (χ0v) is 16.4. The maximum absolute atomic E-state index is 13.5. The van der Waals surface area contributed by atoms with Crippen LogP contribution in [-0.2, 0) is 17.6 Å². The predicted octanol–water partition coefficient (Wildman–Crippen LogP) is 2.96. The van der Waals surface area contributed by atoms with Crippen molar-refractivity contribution in [2.24, 2.45) is 5.92 Å². The van der Waals surface area contributed by atoms with Gasteiger partial charge in [-0.05, 0) is 67.4 Å². The number of nitrogens with one attached hydrogen (secondary N) is 2. The van der Waals surface area contributed by atoms with Crippen LogP contribution in [-0.4, -0.2) is 42.0 Å². The van der Waals surface area contributed by atoms with Crippen LogP contribution in [0.4, 0.5) is 9.18 Å². The Morgan fingerprint density at radius 1 is 1.14 bits per heavy atom. The molecule has 4 rings (SSSR count). The van der Waals surface area contributed by atoms with Crippen LogP contribution in [0.1, 0.15) is 23.3 Å². The lowest BCUT2D eigenvalue weighted by molar-refractivity contribution is -0.133. The number of rotatable bonds is 6. The molecule has 1 aromatic carbocycles. The van der Waals surface area contributed by atoms with E-state index in [4.69, 9.17) is 0 Å². The summed E-state index contributed by atoms with van der Waals surface area (Å²) in [7, 11) is 0. The molecule has 3 heterocycles. The van der Waals surface area contributed by atoms with Crippen LogP contribution in [0, 0.1) is 11.7 Å². The molecule has 2 aromatic rings. The fraction of sp³-hybridized carbons (Fsp3) is 0.429. The smallest absolute Gasteiger partial charge is 0.322 e. The van der Waals surface area contributed by atoms with E-state index in [1.165, 1.54) is 17.0 Å². The summed E-state index contributed by atoms with van der Waals surface area (Å²) in [5, 5.41) is 8.37. The monoisotopic (exact) mass is 401 g/mol. The van der Waals surface area contributed by atoms with E-state index in [0.29, 0.717) is 19.4 Å². The molecule has 0 bridgehead atoms. The molecule has 5 nitrogen and oxygen atoms in total. The maximum Gasteiger partial charge on any atom is 0.325 e. The summed E-state index contributed by atoms with van der Waals surface area (Å²) in [6.07, 6.45) is 2.70. The quantitative estimate of drug-likeness (QED) is 0.732. The van der Waals surface area contributed by atoms with Gasteiger partial charge >= 0.3 is 6.03 Å². The summed E-state index contributed by atoms with van der Waals surface area (Å²) in [6.45, 7) is 2.03. The van der Waals surface area contributed by atoms with E-state index in [1.807, 2.05) is 17.5 Å². The molecule has 0 saturated carbocycles. The Kier molecular flexibility index (Phi) is 5.46. The van der Waals surface area contributed by atoms with Gasteiger partial charge in [0.05, 0.1) is 0 Å². The fourth-order valence-electron chi connectivity index (χ4n) is 4.30. The summed E-state index contributed by atoms with van der Waals surface area (Å²) in [4.78, 5) is 28.8. The number of halogens is 1. The Bertz CT molecular complexity index is 834. The largest absolute Gasteiger partial charge is 0.325 e. The average molecular weight is 402 g/mol. The van der Waals surface area contributed by atoms with E-state index in [9.17, 15) is 14.0 Å². The molecule has 148 valence electrons. The number of benzene rings is 1. The molecule has 1 unspecified atom stereocenters. The number of piperidine rings is 1. The van der Waals surface area contributed by atoms with Gasteiger partial charge in [-0.2, -0.15) is 0 Å². The highest BCUT2D eigenvalue weighted by atomic mass is 32.1. The second kappa shape index (κ2) is 8.01. The average Bonchev–Trinajstić information content (AvgIpc) is 3.30. The Balaban J connectivity index is 1.59. The van der Waals surface area contributed by atoms with Crippen LogP contribution < -0.4 is 10.6 Å². The molecule has 2 fully saturated rings. The van der Waals surface area contributed by atoms with Crippen molar-refractivity contribution in [2.45, 2.75) is 31.2 Å². The third kappa shape index (κ3) is 3.69. The molecule has 2 aliphatic heterocycles. The summed E-state index contributed by atoms with van der Waals surface area (Å²) in [5.41, 5.74) is -0.0967. The van der Waals surface area contributed by atoms with Gasteiger partial charge in [-0.15, -0.1) is 11.3 Å². The second-order valence-corrected chi connectivity index (χ2v) is 8.55. The molecule has 2 aliphatic rings. The Morgan fingerprint density at radius 3 is 2.57 bits per heavy atom. The molecular formula is C21H24FN3O2S. The lowest BCUT2D eigenvalue weighted by atomic mass is 9.74. The molecule has 28 heavy (non-hydrogen) atoms. The van der Waals surface area contributed by atoms with Gasteiger partial charge in [-0.3, -0.25) is 9.69 Å². The maximum atomic E-state index is 13.5. The van der Waals surface area contributed by atoms with Crippen molar-refractivity contribution in [3.8, 4) is 0 Å². The number of nitrogens with zero attached hydrogens (tertiary/aromatic N) is 1. The van der Waals surface area contributed by atoms with Crippen LogP contribution in [0.15, 0.2) is 41.8 Å². The first-order valence-electron chi connectivity index (χ1n) is 9.70. The van der Waals surface area contributed by atoms with E-state index in [-0.39, 0.29) is 23.7 Å². The molecular weight excluding hydrogens is 377 g/mol. The van der Waals surface area contributed by atoms with Crippen molar-refractivity contribution in [1.29, 1.82) is 0 Å². The fourth-order valence-corrected chi connectivity index (χ4v) is 5.00. The van der Waals surface area contributed by atoms with E-state index >= 15 is 0 Å². The molecule has 1 aromatic heterocycles. The van der Waals surface area contributed by atoms with E-state index < -0.39 is 5.54 Å². The molecule has 0 aliphatic carbocycles. The zero-order valence-electron chi connectivity index (χ0n) is 15.6. The predicted molar refractivity (Wildman–Crippen MR) is 107 cm³/mol. The van der Waals surface area contributed by atoms with Crippen LogP contribution in [0.5, 0.6) is 0 Å². The SMILES string of the molecule is O=C1NC(Cc2ccc(F)cc2)(C2CCNCC2)C(=O)N1CCc1cccs1. The van der Waals surface area contributed by atoms with Gasteiger partial charge in [0.1, 0.15) is 11.4 Å². The summed E-state index contributed by atoms with van der Waals surface area (Å²) >= 11 is 1.63. The lowest BCUT2D eigenvalue weighted by Crippen LogP contribution is -2.57. The summed E-state index contributed by atoms with van der Waals surface area (Å²) in [5.74, 6) is -0.397. The number of hydrogen-bond donors (Lipinski definition) is 2. The molecule has 2 N–H and O–H groups in total. The van der Waals surface area contributed by atoms with Crippen LogP contribution in [0.3, 0.4) is 0 Å². The van der Waals surface area contributed by atoms with Crippen molar-refractivity contribution in [1.82, 2.24) is 15.5 Å². The van der Waals surface area contributed by atoms with Crippen molar-refractivity contribution >= 4 is 23.3 Å². The number of urea groups is 1. The molecule has 0 spiro atoms. The van der Waals surface area contributed by atoms with Crippen LogP contribution in [0.2, 0.25) is 0 Å². The molecule has 3 amide bonds. The van der Waals surface area contributed by atoms with E-state index in [2.05, 4.69) is 10.6 Å². The minimum atomic E-state index is -0.952. The van der Waals surface area contributed by atoms with Crippen molar-refractivity contribution in [3.63, 3.8) is 0 Å². The first kappa shape index (κ1) is 19.1. The third-order valence-electron chi connectivity index (χ3n) is 5.80. The highest BCUT2D eigenvalue weighted by molar-refractivity contribution is 7.09. The minimum Gasteiger partial charge on any atom is -0.322 e. The van der Waals surface area contributed by atoms with Gasteiger partial charge in [0.25, 0.3) is 5.91 Å². The molecule has 2 saturated heterocycles. The number of thiophene rings is 1. The van der Waals surface area contributed by atoms with Gasteiger partial charge in [-0.25, -0.2) is 9.18 Å². The van der Waals surface area contributed by atoms with Crippen molar-refractivity contribution < 1.29 is 14.0 Å². The first-order valence-corrected chi connectivity index (χ1v) is 10.6. The molecule has 7 heteroatoms.